The van der Waals surface area contributed by atoms with Crippen molar-refractivity contribution in [2.75, 3.05) is 32.6 Å². The summed E-state index contributed by atoms with van der Waals surface area (Å²) >= 11 is 0. The van der Waals surface area contributed by atoms with Crippen molar-refractivity contribution in [1.29, 1.82) is 0 Å². The fourth-order valence-electron chi connectivity index (χ4n) is 2.16. The van der Waals surface area contributed by atoms with E-state index in [4.69, 9.17) is 4.74 Å². The molecule has 1 aliphatic rings. The van der Waals surface area contributed by atoms with Crippen LogP contribution in [0, 0.1) is 0 Å². The fourth-order valence-corrected chi connectivity index (χ4v) is 2.16. The number of aromatic nitrogens is 2. The van der Waals surface area contributed by atoms with Gasteiger partial charge in [-0.3, -0.25) is 4.79 Å². The lowest BCUT2D eigenvalue weighted by atomic mass is 10.1. The van der Waals surface area contributed by atoms with E-state index in [0.717, 1.165) is 25.9 Å². The number of piperidine rings is 1. The van der Waals surface area contributed by atoms with Crippen molar-refractivity contribution in [3.8, 4) is 5.75 Å². The first-order valence-corrected chi connectivity index (χ1v) is 5.77. The Balaban J connectivity index is 2.12. The van der Waals surface area contributed by atoms with Gasteiger partial charge in [0.15, 0.2) is 5.82 Å². The number of hydrogen-bond acceptors (Lipinski definition) is 5. The molecule has 0 bridgehead atoms. The molecule has 6 heteroatoms. The third-order valence-corrected chi connectivity index (χ3v) is 2.98. The van der Waals surface area contributed by atoms with Gasteiger partial charge in [0.1, 0.15) is 0 Å². The van der Waals surface area contributed by atoms with Crippen LogP contribution in [0.25, 0.3) is 0 Å². The van der Waals surface area contributed by atoms with Gasteiger partial charge in [0.25, 0.3) is 5.56 Å². The Kier molecular flexibility index (Phi) is 3.63. The molecule has 2 heterocycles. The second-order valence-electron chi connectivity index (χ2n) is 4.36. The number of nitrogens with zero attached hydrogens (tertiary/aromatic N) is 2. The monoisotopic (exact) mass is 238 g/mol. The summed E-state index contributed by atoms with van der Waals surface area (Å²) in [6.45, 7) is 2.08. The standard InChI is InChI=1S/C11H18N4O2/c1-15-5-3-4-8(6-15)14-10-9(17-2)11(16)13-7-12-10/h7-8H,3-6H2,1-2H3,(H2,12,13,14,16). The molecule has 0 aromatic carbocycles. The van der Waals surface area contributed by atoms with Gasteiger partial charge in [0.05, 0.1) is 13.4 Å². The SMILES string of the molecule is COc1c(NC2CCCN(C)C2)nc[nH]c1=O. The number of ether oxygens (including phenoxy) is 1. The molecule has 17 heavy (non-hydrogen) atoms. The van der Waals surface area contributed by atoms with Crippen molar-refractivity contribution >= 4 is 5.82 Å². The molecular weight excluding hydrogens is 220 g/mol. The molecule has 94 valence electrons. The van der Waals surface area contributed by atoms with E-state index in [0.29, 0.717) is 11.9 Å². The highest BCUT2D eigenvalue weighted by molar-refractivity contribution is 5.48. The molecule has 1 atom stereocenters. The average molecular weight is 238 g/mol. The van der Waals surface area contributed by atoms with Crippen LogP contribution in [-0.2, 0) is 0 Å². The second-order valence-corrected chi connectivity index (χ2v) is 4.36. The van der Waals surface area contributed by atoms with Gasteiger partial charge in [0, 0.05) is 12.6 Å². The Hall–Kier alpha value is -1.56. The Bertz CT molecular complexity index is 432. The first-order valence-electron chi connectivity index (χ1n) is 5.77. The quantitative estimate of drug-likeness (QED) is 0.791. The molecule has 1 aromatic rings. The molecule has 1 fully saturated rings. The maximum absolute atomic E-state index is 11.5. The van der Waals surface area contributed by atoms with Crippen molar-refractivity contribution in [3.05, 3.63) is 16.7 Å². The molecule has 1 aliphatic heterocycles. The molecule has 0 saturated carbocycles. The zero-order valence-electron chi connectivity index (χ0n) is 10.2. The van der Waals surface area contributed by atoms with Crippen LogP contribution in [0.1, 0.15) is 12.8 Å². The van der Waals surface area contributed by atoms with Gasteiger partial charge in [-0.1, -0.05) is 0 Å². The lowest BCUT2D eigenvalue weighted by Crippen LogP contribution is -2.40. The molecule has 0 spiro atoms. The lowest BCUT2D eigenvalue weighted by Gasteiger charge is -2.30. The second kappa shape index (κ2) is 5.18. The minimum absolute atomic E-state index is 0.251. The van der Waals surface area contributed by atoms with Gasteiger partial charge < -0.3 is 19.9 Å². The van der Waals surface area contributed by atoms with Crippen molar-refractivity contribution in [2.45, 2.75) is 18.9 Å². The van der Waals surface area contributed by atoms with E-state index >= 15 is 0 Å². The molecule has 2 N–H and O–H groups in total. The lowest BCUT2D eigenvalue weighted by molar-refractivity contribution is 0.260. The number of H-pyrrole nitrogens is 1. The van der Waals surface area contributed by atoms with Gasteiger partial charge in [-0.05, 0) is 26.4 Å². The predicted octanol–water partition coefficient (Wildman–Crippen LogP) is 0.285. The number of likely N-dealkylation sites (tertiary alicyclic amines) is 1. The number of anilines is 1. The largest absolute Gasteiger partial charge is 0.489 e. The molecule has 6 nitrogen and oxygen atoms in total. The van der Waals surface area contributed by atoms with Crippen LogP contribution in [0.3, 0.4) is 0 Å². The summed E-state index contributed by atoms with van der Waals surface area (Å²) in [4.78, 5) is 20.4. The highest BCUT2D eigenvalue weighted by Gasteiger charge is 2.19. The number of likely N-dealkylation sites (N-methyl/N-ethyl adjacent to an activating group) is 1. The average Bonchev–Trinajstić information content (AvgIpc) is 2.29. The minimum atomic E-state index is -0.255. The zero-order chi connectivity index (χ0) is 12.3. The summed E-state index contributed by atoms with van der Waals surface area (Å²) < 4.78 is 5.06. The van der Waals surface area contributed by atoms with Crippen molar-refractivity contribution in [3.63, 3.8) is 0 Å². The van der Waals surface area contributed by atoms with E-state index < -0.39 is 0 Å². The maximum Gasteiger partial charge on any atom is 0.295 e. The van der Waals surface area contributed by atoms with Crippen LogP contribution in [0.4, 0.5) is 5.82 Å². The first kappa shape index (κ1) is 11.9. The third-order valence-electron chi connectivity index (χ3n) is 2.98. The minimum Gasteiger partial charge on any atom is -0.489 e. The Morgan fingerprint density at radius 3 is 3.18 bits per heavy atom. The number of methoxy groups -OCH3 is 1. The van der Waals surface area contributed by atoms with Crippen LogP contribution >= 0.6 is 0 Å². The van der Waals surface area contributed by atoms with Gasteiger partial charge >= 0.3 is 0 Å². The van der Waals surface area contributed by atoms with Gasteiger partial charge in [-0.2, -0.15) is 0 Å². The number of rotatable bonds is 3. The van der Waals surface area contributed by atoms with Gasteiger partial charge in [-0.25, -0.2) is 4.98 Å². The molecule has 1 unspecified atom stereocenters. The van der Waals surface area contributed by atoms with Crippen molar-refractivity contribution in [2.24, 2.45) is 0 Å². The van der Waals surface area contributed by atoms with E-state index in [-0.39, 0.29) is 11.3 Å². The third kappa shape index (κ3) is 2.76. The van der Waals surface area contributed by atoms with Crippen LogP contribution in [0.15, 0.2) is 11.1 Å². The normalized spacial score (nSPS) is 21.2. The molecule has 0 aliphatic carbocycles. The summed E-state index contributed by atoms with van der Waals surface area (Å²) in [5.41, 5.74) is -0.255. The Morgan fingerprint density at radius 2 is 2.47 bits per heavy atom. The summed E-state index contributed by atoms with van der Waals surface area (Å²) in [5, 5.41) is 3.27. The van der Waals surface area contributed by atoms with Crippen LogP contribution in [-0.4, -0.2) is 48.2 Å². The molecule has 0 radical (unpaired) electrons. The van der Waals surface area contributed by atoms with Gasteiger partial charge in [-0.15, -0.1) is 0 Å². The highest BCUT2D eigenvalue weighted by atomic mass is 16.5. The summed E-state index contributed by atoms with van der Waals surface area (Å²) in [6, 6.07) is 0.317. The number of aromatic amines is 1. The van der Waals surface area contributed by atoms with Crippen LogP contribution in [0.2, 0.25) is 0 Å². The smallest absolute Gasteiger partial charge is 0.295 e. The topological polar surface area (TPSA) is 70.2 Å². The first-order chi connectivity index (χ1) is 8.20. The van der Waals surface area contributed by atoms with Crippen LogP contribution in [0.5, 0.6) is 5.75 Å². The Labute approximate surface area is 100 Å². The maximum atomic E-state index is 11.5. The van der Waals surface area contributed by atoms with Gasteiger partial charge in [0.2, 0.25) is 5.75 Å². The Morgan fingerprint density at radius 1 is 1.65 bits per heavy atom. The van der Waals surface area contributed by atoms with Crippen molar-refractivity contribution < 1.29 is 4.74 Å². The number of hydrogen-bond donors (Lipinski definition) is 2. The molecular formula is C11H18N4O2. The van der Waals surface area contributed by atoms with E-state index in [1.165, 1.54) is 13.4 Å². The van der Waals surface area contributed by atoms with E-state index in [2.05, 4.69) is 27.2 Å². The molecule has 2 rings (SSSR count). The van der Waals surface area contributed by atoms with E-state index in [1.807, 2.05) is 0 Å². The number of nitrogens with one attached hydrogen (secondary N) is 2. The van der Waals surface area contributed by atoms with Crippen molar-refractivity contribution in [1.82, 2.24) is 14.9 Å². The van der Waals surface area contributed by atoms with E-state index in [1.54, 1.807) is 0 Å². The zero-order valence-corrected chi connectivity index (χ0v) is 10.2. The molecule has 1 saturated heterocycles. The predicted molar refractivity (Wildman–Crippen MR) is 65.6 cm³/mol. The fraction of sp³-hybridized carbons (Fsp3) is 0.636. The van der Waals surface area contributed by atoms with Crippen LogP contribution < -0.4 is 15.6 Å². The molecule has 1 aromatic heterocycles. The summed E-state index contributed by atoms with van der Waals surface area (Å²) in [6.07, 6.45) is 3.63. The molecule has 0 amide bonds. The summed E-state index contributed by atoms with van der Waals surface area (Å²) in [7, 11) is 3.57. The van der Waals surface area contributed by atoms with E-state index in [9.17, 15) is 4.79 Å². The highest BCUT2D eigenvalue weighted by Crippen LogP contribution is 2.19. The summed E-state index contributed by atoms with van der Waals surface area (Å²) in [5.74, 6) is 0.775.